The summed E-state index contributed by atoms with van der Waals surface area (Å²) in [5, 5.41) is 8.90. The Labute approximate surface area is 184 Å². The van der Waals surface area contributed by atoms with E-state index in [4.69, 9.17) is 9.84 Å². The van der Waals surface area contributed by atoms with Crippen LogP contribution in [-0.2, 0) is 6.42 Å². The van der Waals surface area contributed by atoms with Gasteiger partial charge in [0.2, 0.25) is 0 Å². The van der Waals surface area contributed by atoms with Gasteiger partial charge in [0.05, 0.1) is 19.4 Å². The monoisotopic (exact) mass is 418 g/mol. The fourth-order valence-electron chi connectivity index (χ4n) is 3.57. The number of amides is 2. The number of allylic oxidation sites excluding steroid dienone is 2. The lowest BCUT2D eigenvalue weighted by molar-refractivity contribution is 0.203. The van der Waals surface area contributed by atoms with Crippen molar-refractivity contribution in [2.45, 2.75) is 26.2 Å². The Balaban J connectivity index is 2.07. The number of hydrogen-bond donors (Lipinski definition) is 1. The maximum atomic E-state index is 12.3. The normalized spacial score (nSPS) is 14.1. The van der Waals surface area contributed by atoms with E-state index < -0.39 is 0 Å². The zero-order valence-corrected chi connectivity index (χ0v) is 18.7. The molecule has 0 radical (unpaired) electrons. The van der Waals surface area contributed by atoms with Crippen LogP contribution in [0, 0.1) is 0 Å². The molecule has 1 aliphatic rings. The second-order valence-corrected chi connectivity index (χ2v) is 7.31. The zero-order valence-electron chi connectivity index (χ0n) is 18.7. The fourth-order valence-corrected chi connectivity index (χ4v) is 3.57. The molecule has 2 aromatic carbocycles. The summed E-state index contributed by atoms with van der Waals surface area (Å²) in [4.78, 5) is 16.5. The highest BCUT2D eigenvalue weighted by atomic mass is 16.5. The third kappa shape index (κ3) is 5.20. The maximum Gasteiger partial charge on any atom is 0.337 e. The van der Waals surface area contributed by atoms with Crippen LogP contribution >= 0.6 is 0 Å². The van der Waals surface area contributed by atoms with Crippen molar-refractivity contribution in [3.8, 4) is 5.75 Å². The molecule has 2 aromatic rings. The first-order valence-electron chi connectivity index (χ1n) is 10.6. The van der Waals surface area contributed by atoms with E-state index in [9.17, 15) is 4.79 Å². The molecule has 31 heavy (non-hydrogen) atoms. The van der Waals surface area contributed by atoms with Gasteiger partial charge in [0, 0.05) is 31.4 Å². The zero-order chi connectivity index (χ0) is 22.2. The van der Waals surface area contributed by atoms with Gasteiger partial charge in [0.25, 0.3) is 0 Å². The van der Waals surface area contributed by atoms with Crippen molar-refractivity contribution in [3.63, 3.8) is 0 Å². The predicted octanol–water partition coefficient (Wildman–Crippen LogP) is 4.53. The minimum Gasteiger partial charge on any atom is -0.497 e. The summed E-state index contributed by atoms with van der Waals surface area (Å²) < 4.78 is 5.45. The SMILES string of the molecule is CCC/C=C(\C=NC)c1ccc(C2=NN(C(=O)NC)CCc3ccc(OC)cc32)cc1. The lowest BCUT2D eigenvalue weighted by Crippen LogP contribution is -2.35. The predicted molar refractivity (Wildman–Crippen MR) is 127 cm³/mol. The highest BCUT2D eigenvalue weighted by Gasteiger charge is 2.22. The molecule has 6 heteroatoms. The minimum absolute atomic E-state index is 0.224. The van der Waals surface area contributed by atoms with Crippen molar-refractivity contribution in [3.05, 3.63) is 70.8 Å². The summed E-state index contributed by atoms with van der Waals surface area (Å²) in [6.07, 6.45) is 6.91. The van der Waals surface area contributed by atoms with Gasteiger partial charge in [-0.15, -0.1) is 0 Å². The van der Waals surface area contributed by atoms with Crippen LogP contribution in [-0.4, -0.2) is 50.7 Å². The molecular formula is C25H30N4O2. The number of carbonyl (C=O) groups excluding carboxylic acids is 1. The number of fused-ring (bicyclic) bond motifs is 1. The maximum absolute atomic E-state index is 12.3. The van der Waals surface area contributed by atoms with E-state index in [1.54, 1.807) is 21.2 Å². The third-order valence-electron chi connectivity index (χ3n) is 5.25. The van der Waals surface area contributed by atoms with Gasteiger partial charge >= 0.3 is 6.03 Å². The summed E-state index contributed by atoms with van der Waals surface area (Å²) >= 11 is 0. The molecule has 0 aliphatic carbocycles. The fraction of sp³-hybridized carbons (Fsp3) is 0.320. The van der Waals surface area contributed by atoms with Crippen molar-refractivity contribution in [2.24, 2.45) is 10.1 Å². The summed E-state index contributed by atoms with van der Waals surface area (Å²) in [6.45, 7) is 2.67. The molecule has 2 amide bonds. The quantitative estimate of drug-likeness (QED) is 0.701. The Morgan fingerprint density at radius 1 is 1.26 bits per heavy atom. The van der Waals surface area contributed by atoms with Crippen LogP contribution in [0.5, 0.6) is 5.75 Å². The smallest absolute Gasteiger partial charge is 0.337 e. The third-order valence-corrected chi connectivity index (χ3v) is 5.25. The second kappa shape index (κ2) is 10.6. The lowest BCUT2D eigenvalue weighted by Gasteiger charge is -2.16. The van der Waals surface area contributed by atoms with E-state index in [0.717, 1.165) is 52.1 Å². The van der Waals surface area contributed by atoms with Crippen molar-refractivity contribution in [1.29, 1.82) is 0 Å². The molecular weight excluding hydrogens is 388 g/mol. The van der Waals surface area contributed by atoms with Gasteiger partial charge in [-0.25, -0.2) is 9.80 Å². The summed E-state index contributed by atoms with van der Waals surface area (Å²) in [6, 6.07) is 14.0. The van der Waals surface area contributed by atoms with Crippen LogP contribution in [0.25, 0.3) is 5.57 Å². The molecule has 0 fully saturated rings. The Morgan fingerprint density at radius 2 is 2.03 bits per heavy atom. The number of aliphatic imine (C=N–C) groups is 1. The van der Waals surface area contributed by atoms with Gasteiger partial charge in [-0.2, -0.15) is 5.10 Å². The van der Waals surface area contributed by atoms with Gasteiger partial charge in [0.15, 0.2) is 0 Å². The Hall–Kier alpha value is -3.41. The lowest BCUT2D eigenvalue weighted by atomic mass is 9.94. The number of benzene rings is 2. The van der Waals surface area contributed by atoms with Crippen molar-refractivity contribution < 1.29 is 9.53 Å². The average Bonchev–Trinajstić information content (AvgIpc) is 3.00. The molecule has 6 nitrogen and oxygen atoms in total. The minimum atomic E-state index is -0.224. The molecule has 0 unspecified atom stereocenters. The molecule has 1 aliphatic heterocycles. The number of urea groups is 1. The van der Waals surface area contributed by atoms with E-state index in [0.29, 0.717) is 13.0 Å². The highest BCUT2D eigenvalue weighted by Crippen LogP contribution is 2.26. The topological polar surface area (TPSA) is 66.3 Å². The van der Waals surface area contributed by atoms with Crippen molar-refractivity contribution in [1.82, 2.24) is 10.3 Å². The Morgan fingerprint density at radius 3 is 2.68 bits per heavy atom. The number of rotatable bonds is 6. The van der Waals surface area contributed by atoms with E-state index >= 15 is 0 Å². The number of hydrazone groups is 1. The van der Waals surface area contributed by atoms with Crippen LogP contribution in [0.3, 0.4) is 0 Å². The summed E-state index contributed by atoms with van der Waals surface area (Å²) in [5.41, 5.74) is 6.02. The number of ether oxygens (including phenoxy) is 1. The molecule has 3 rings (SSSR count). The van der Waals surface area contributed by atoms with Crippen LogP contribution in [0.4, 0.5) is 4.79 Å². The van der Waals surface area contributed by atoms with Crippen molar-refractivity contribution >= 4 is 23.5 Å². The molecule has 1 N–H and O–H groups in total. The first kappa shape index (κ1) is 22.3. The number of nitrogens with zero attached hydrogens (tertiary/aromatic N) is 3. The number of nitrogens with one attached hydrogen (secondary N) is 1. The van der Waals surface area contributed by atoms with Gasteiger partial charge in [-0.3, -0.25) is 4.99 Å². The first-order valence-corrected chi connectivity index (χ1v) is 10.6. The van der Waals surface area contributed by atoms with E-state index in [1.807, 2.05) is 30.5 Å². The number of unbranched alkanes of at least 4 members (excludes halogenated alkanes) is 1. The molecule has 0 bridgehead atoms. The molecule has 0 saturated carbocycles. The number of methoxy groups -OCH3 is 1. The molecule has 0 aromatic heterocycles. The summed E-state index contributed by atoms with van der Waals surface area (Å²) in [5.74, 6) is 0.764. The van der Waals surface area contributed by atoms with E-state index in [2.05, 4.69) is 41.5 Å². The van der Waals surface area contributed by atoms with Gasteiger partial charge in [0.1, 0.15) is 5.75 Å². The van der Waals surface area contributed by atoms with Crippen LogP contribution in [0.15, 0.2) is 58.6 Å². The Kier molecular flexibility index (Phi) is 7.60. The van der Waals surface area contributed by atoms with Crippen molar-refractivity contribution in [2.75, 3.05) is 27.7 Å². The van der Waals surface area contributed by atoms with Gasteiger partial charge in [-0.05, 0) is 41.7 Å². The van der Waals surface area contributed by atoms with Crippen LogP contribution in [0.2, 0.25) is 0 Å². The number of hydrogen-bond acceptors (Lipinski definition) is 4. The molecule has 0 spiro atoms. The van der Waals surface area contributed by atoms with Crippen LogP contribution < -0.4 is 10.1 Å². The Bertz CT molecular complexity index is 1010. The largest absolute Gasteiger partial charge is 0.497 e. The first-order chi connectivity index (χ1) is 15.1. The second-order valence-electron chi connectivity index (χ2n) is 7.31. The van der Waals surface area contributed by atoms with E-state index in [-0.39, 0.29) is 6.03 Å². The standard InChI is InChI=1S/C25H30N4O2/c1-5-6-7-21(17-26-2)18-8-10-20(11-9-18)24-23-16-22(31-4)13-12-19(23)14-15-29(28-24)25(30)27-3/h7-13,16-17H,5-6,14-15H2,1-4H3,(H,27,30)/b21-7+,26-17?. The molecule has 0 atom stereocenters. The van der Waals surface area contributed by atoms with Gasteiger partial charge in [-0.1, -0.05) is 49.8 Å². The molecule has 162 valence electrons. The summed E-state index contributed by atoms with van der Waals surface area (Å²) in [7, 11) is 5.05. The highest BCUT2D eigenvalue weighted by molar-refractivity contribution is 6.15. The molecule has 1 heterocycles. The average molecular weight is 419 g/mol. The van der Waals surface area contributed by atoms with Crippen LogP contribution in [0.1, 0.15) is 42.0 Å². The van der Waals surface area contributed by atoms with Gasteiger partial charge < -0.3 is 10.1 Å². The molecule has 0 saturated heterocycles. The van der Waals surface area contributed by atoms with E-state index in [1.165, 1.54) is 5.01 Å². The number of carbonyl (C=O) groups is 1.